The van der Waals surface area contributed by atoms with Gasteiger partial charge < -0.3 is 4.74 Å². The van der Waals surface area contributed by atoms with Crippen molar-refractivity contribution in [3.8, 4) is 16.9 Å². The number of carbonyl (C=O) groups excluding carboxylic acids is 1. The van der Waals surface area contributed by atoms with E-state index in [1.165, 1.54) is 0 Å². The smallest absolute Gasteiger partial charge is 0.409 e. The van der Waals surface area contributed by atoms with Crippen LogP contribution in [0.1, 0.15) is 5.56 Å². The SMILES string of the molecule is Cc1cccc(-c2ccccc2)c1B1c2ccc3cccc4c3c2N(C(=O)O4)c2nc3ccccc3nc21. The highest BCUT2D eigenvalue weighted by atomic mass is 16.6. The third-order valence-electron chi connectivity index (χ3n) is 7.69. The van der Waals surface area contributed by atoms with E-state index in [0.29, 0.717) is 11.6 Å². The first kappa shape index (κ1) is 21.2. The van der Waals surface area contributed by atoms with E-state index >= 15 is 0 Å². The molecule has 6 aromatic rings. The van der Waals surface area contributed by atoms with Gasteiger partial charge in [-0.1, -0.05) is 96.0 Å². The van der Waals surface area contributed by atoms with Crippen molar-refractivity contribution in [1.29, 1.82) is 0 Å². The number of nitrogens with zero attached hydrogens (tertiary/aromatic N) is 3. The van der Waals surface area contributed by atoms with E-state index in [9.17, 15) is 4.79 Å². The van der Waals surface area contributed by atoms with E-state index in [0.717, 1.165) is 60.7 Å². The first-order valence-electron chi connectivity index (χ1n) is 12.7. The fourth-order valence-corrected chi connectivity index (χ4v) is 6.06. The molecule has 2 aliphatic rings. The molecule has 0 saturated heterocycles. The molecule has 0 fully saturated rings. The monoisotopic (exact) mass is 489 g/mol. The summed E-state index contributed by atoms with van der Waals surface area (Å²) >= 11 is 0. The number of anilines is 2. The lowest BCUT2D eigenvalue weighted by atomic mass is 9.35. The number of fused-ring (bicyclic) bond motifs is 3. The Balaban J connectivity index is 1.54. The highest BCUT2D eigenvalue weighted by Gasteiger charge is 2.45. The largest absolute Gasteiger partial charge is 0.425 e. The highest BCUT2D eigenvalue weighted by molar-refractivity contribution is 6.98. The van der Waals surface area contributed by atoms with E-state index in [1.807, 2.05) is 42.5 Å². The van der Waals surface area contributed by atoms with Crippen LogP contribution in [0.25, 0.3) is 32.9 Å². The van der Waals surface area contributed by atoms with Crippen LogP contribution in [0.2, 0.25) is 0 Å². The molecular formula is C32H20BN3O2. The van der Waals surface area contributed by atoms with Gasteiger partial charge in [-0.2, -0.15) is 0 Å². The van der Waals surface area contributed by atoms with E-state index < -0.39 is 6.09 Å². The van der Waals surface area contributed by atoms with E-state index in [2.05, 4.69) is 67.6 Å². The number of rotatable bonds is 2. The summed E-state index contributed by atoms with van der Waals surface area (Å²) in [5.41, 5.74) is 8.73. The topological polar surface area (TPSA) is 55.3 Å². The average molecular weight is 489 g/mol. The summed E-state index contributed by atoms with van der Waals surface area (Å²) in [5.74, 6) is 1.10. The molecular weight excluding hydrogens is 469 g/mol. The molecule has 3 heterocycles. The van der Waals surface area contributed by atoms with Crippen molar-refractivity contribution in [2.24, 2.45) is 0 Å². The minimum Gasteiger partial charge on any atom is -0.409 e. The molecule has 1 aromatic heterocycles. The number of hydrogen-bond donors (Lipinski definition) is 0. The second-order valence-electron chi connectivity index (χ2n) is 9.82. The van der Waals surface area contributed by atoms with Crippen LogP contribution in [0.3, 0.4) is 0 Å². The van der Waals surface area contributed by atoms with Gasteiger partial charge in [0.05, 0.1) is 22.3 Å². The quantitative estimate of drug-likeness (QED) is 0.313. The molecule has 6 heteroatoms. The molecule has 8 rings (SSSR count). The van der Waals surface area contributed by atoms with Crippen molar-refractivity contribution in [1.82, 2.24) is 9.97 Å². The number of para-hydroxylation sites is 2. The van der Waals surface area contributed by atoms with Crippen LogP contribution in [0.5, 0.6) is 5.75 Å². The van der Waals surface area contributed by atoms with Crippen LogP contribution in [-0.2, 0) is 0 Å². The number of benzene rings is 5. The van der Waals surface area contributed by atoms with Gasteiger partial charge in [-0.05, 0) is 47.1 Å². The Morgan fingerprint density at radius 1 is 0.763 bits per heavy atom. The number of aromatic nitrogens is 2. The lowest BCUT2D eigenvalue weighted by molar-refractivity contribution is 0.210. The second kappa shape index (κ2) is 7.77. The van der Waals surface area contributed by atoms with Gasteiger partial charge in [0.1, 0.15) is 5.75 Å². The van der Waals surface area contributed by atoms with Crippen molar-refractivity contribution >= 4 is 62.6 Å². The van der Waals surface area contributed by atoms with Gasteiger partial charge in [0, 0.05) is 5.39 Å². The Morgan fingerprint density at radius 3 is 2.37 bits per heavy atom. The Morgan fingerprint density at radius 2 is 1.53 bits per heavy atom. The fraction of sp³-hybridized carbons (Fsp3) is 0.0312. The minimum absolute atomic E-state index is 0.229. The van der Waals surface area contributed by atoms with Crippen LogP contribution < -0.4 is 26.2 Å². The fourth-order valence-electron chi connectivity index (χ4n) is 6.06. The van der Waals surface area contributed by atoms with Crippen LogP contribution in [0.15, 0.2) is 103 Å². The molecule has 5 nitrogen and oxygen atoms in total. The van der Waals surface area contributed by atoms with Crippen molar-refractivity contribution in [3.63, 3.8) is 0 Å². The van der Waals surface area contributed by atoms with Gasteiger partial charge >= 0.3 is 6.09 Å². The minimum atomic E-state index is -0.463. The molecule has 0 spiro atoms. The molecule has 0 unspecified atom stereocenters. The molecule has 0 bridgehead atoms. The number of ether oxygens (including phenoxy) is 1. The lowest BCUT2D eigenvalue weighted by Crippen LogP contribution is -2.61. The van der Waals surface area contributed by atoms with Crippen molar-refractivity contribution in [2.45, 2.75) is 6.92 Å². The molecule has 2 aliphatic heterocycles. The van der Waals surface area contributed by atoms with E-state index in [1.54, 1.807) is 4.90 Å². The zero-order chi connectivity index (χ0) is 25.4. The first-order valence-corrected chi connectivity index (χ1v) is 12.7. The van der Waals surface area contributed by atoms with Gasteiger partial charge in [0.15, 0.2) is 5.82 Å². The van der Waals surface area contributed by atoms with Crippen molar-refractivity contribution < 1.29 is 9.53 Å². The zero-order valence-electron chi connectivity index (χ0n) is 20.6. The van der Waals surface area contributed by atoms with Crippen LogP contribution in [0, 0.1) is 6.92 Å². The Hall–Kier alpha value is -4.97. The Bertz CT molecular complexity index is 1950. The van der Waals surface area contributed by atoms with Gasteiger partial charge in [0.2, 0.25) is 0 Å². The molecule has 0 N–H and O–H groups in total. The van der Waals surface area contributed by atoms with Crippen LogP contribution in [-0.4, -0.2) is 22.8 Å². The maximum atomic E-state index is 13.5. The summed E-state index contributed by atoms with van der Waals surface area (Å²) in [5, 5.41) is 1.94. The Labute approximate surface area is 219 Å². The third-order valence-corrected chi connectivity index (χ3v) is 7.69. The molecule has 5 aromatic carbocycles. The van der Waals surface area contributed by atoms with E-state index in [4.69, 9.17) is 14.7 Å². The summed E-state index contributed by atoms with van der Waals surface area (Å²) < 4.78 is 5.84. The number of amides is 1. The van der Waals surface area contributed by atoms with Crippen molar-refractivity contribution in [2.75, 3.05) is 4.90 Å². The number of carbonyl (C=O) groups is 1. The molecule has 0 aliphatic carbocycles. The van der Waals surface area contributed by atoms with Crippen LogP contribution in [0.4, 0.5) is 16.3 Å². The summed E-state index contributed by atoms with van der Waals surface area (Å²) in [6.07, 6.45) is -0.463. The maximum absolute atomic E-state index is 13.5. The van der Waals surface area contributed by atoms with Crippen LogP contribution >= 0.6 is 0 Å². The van der Waals surface area contributed by atoms with Gasteiger partial charge in [-0.15, -0.1) is 0 Å². The summed E-state index contributed by atoms with van der Waals surface area (Å²) in [7, 11) is 0. The number of hydrogen-bond acceptors (Lipinski definition) is 4. The van der Waals surface area contributed by atoms with Gasteiger partial charge in [0.25, 0.3) is 6.71 Å². The molecule has 1 amide bonds. The standard InChI is InChI=1S/C32H20BN3O2/c1-19-9-7-13-22(20-10-3-2-4-11-20)28(19)33-23-18-17-21-12-8-16-26-27(21)29(23)36(32(37)38-26)31-30(33)34-24-14-5-6-15-25(24)35-31/h2-18H,1H3. The molecule has 0 radical (unpaired) electrons. The molecule has 178 valence electrons. The van der Waals surface area contributed by atoms with E-state index in [-0.39, 0.29) is 6.71 Å². The summed E-state index contributed by atoms with van der Waals surface area (Å²) in [4.78, 5) is 25.4. The lowest BCUT2D eigenvalue weighted by Gasteiger charge is -2.37. The highest BCUT2D eigenvalue weighted by Crippen LogP contribution is 2.42. The maximum Gasteiger partial charge on any atom is 0.425 e. The third kappa shape index (κ3) is 2.85. The molecule has 38 heavy (non-hydrogen) atoms. The molecule has 0 atom stereocenters. The van der Waals surface area contributed by atoms with Gasteiger partial charge in [-0.3, -0.25) is 4.98 Å². The predicted octanol–water partition coefficient (Wildman–Crippen LogP) is 5.24. The second-order valence-corrected chi connectivity index (χ2v) is 9.82. The molecule has 0 saturated carbocycles. The Kier molecular flexibility index (Phi) is 4.32. The zero-order valence-corrected chi connectivity index (χ0v) is 20.6. The predicted molar refractivity (Wildman–Crippen MR) is 153 cm³/mol. The van der Waals surface area contributed by atoms with Crippen molar-refractivity contribution in [3.05, 3.63) is 109 Å². The average Bonchev–Trinajstić information content (AvgIpc) is 2.95. The normalized spacial score (nSPS) is 13.6. The summed E-state index contributed by atoms with van der Waals surface area (Å²) in [6.45, 7) is 1.92. The summed E-state index contributed by atoms with van der Waals surface area (Å²) in [6, 6.07) is 34.7. The van der Waals surface area contributed by atoms with Gasteiger partial charge in [-0.25, -0.2) is 14.7 Å². The first-order chi connectivity index (χ1) is 18.7. The number of aryl methyl sites for hydroxylation is 1.